The van der Waals surface area contributed by atoms with Crippen LogP contribution in [0.15, 0.2) is 53.7 Å². The molecule has 0 saturated heterocycles. The van der Waals surface area contributed by atoms with Crippen LogP contribution in [0.2, 0.25) is 0 Å². The second-order valence-electron chi connectivity index (χ2n) is 7.07. The Balaban J connectivity index is 0.00000341. The monoisotopic (exact) mass is 537 g/mol. The summed E-state index contributed by atoms with van der Waals surface area (Å²) >= 11 is 0. The fourth-order valence-electron chi connectivity index (χ4n) is 3.28. The van der Waals surface area contributed by atoms with Gasteiger partial charge in [-0.3, -0.25) is 9.79 Å². The summed E-state index contributed by atoms with van der Waals surface area (Å²) in [6.07, 6.45) is 3.54. The van der Waals surface area contributed by atoms with Gasteiger partial charge in [-0.25, -0.2) is 4.39 Å². The number of guanidine groups is 1. The minimum absolute atomic E-state index is 0. The van der Waals surface area contributed by atoms with Gasteiger partial charge in [0, 0.05) is 49.3 Å². The van der Waals surface area contributed by atoms with E-state index >= 15 is 0 Å². The quantitative estimate of drug-likeness (QED) is 0.197. The molecule has 0 aliphatic rings. The average Bonchev–Trinajstić information content (AvgIpc) is 3.11. The van der Waals surface area contributed by atoms with E-state index in [1.807, 2.05) is 37.4 Å². The van der Waals surface area contributed by atoms with Crippen molar-refractivity contribution in [2.45, 2.75) is 26.7 Å². The molecule has 1 amide bonds. The summed E-state index contributed by atoms with van der Waals surface area (Å²) in [7, 11) is 0. The number of hydrogen-bond donors (Lipinski definition) is 4. The lowest BCUT2D eigenvalue weighted by molar-refractivity contribution is -0.114. The van der Waals surface area contributed by atoms with E-state index in [9.17, 15) is 9.18 Å². The maximum Gasteiger partial charge on any atom is 0.221 e. The lowest BCUT2D eigenvalue weighted by Crippen LogP contribution is -2.38. The first-order chi connectivity index (χ1) is 14.5. The first-order valence-corrected chi connectivity index (χ1v) is 10.2. The van der Waals surface area contributed by atoms with E-state index in [2.05, 4.69) is 25.9 Å². The molecular weight excluding hydrogens is 508 g/mol. The van der Waals surface area contributed by atoms with Gasteiger partial charge in [-0.15, -0.1) is 24.0 Å². The number of carbonyl (C=O) groups is 1. The maximum atomic E-state index is 13.3. The number of aliphatic imine (C=N–C) groups is 1. The zero-order valence-corrected chi connectivity index (χ0v) is 20.1. The van der Waals surface area contributed by atoms with Crippen LogP contribution >= 0.6 is 24.0 Å². The van der Waals surface area contributed by atoms with Crippen molar-refractivity contribution < 1.29 is 9.18 Å². The third kappa shape index (κ3) is 7.54. The summed E-state index contributed by atoms with van der Waals surface area (Å²) in [6, 6.07) is 12.6. The zero-order chi connectivity index (χ0) is 21.3. The molecular formula is C23H29FIN5O. The fraction of sp³-hybridized carbons (Fsp3) is 0.304. The average molecular weight is 537 g/mol. The van der Waals surface area contributed by atoms with Gasteiger partial charge in [0.1, 0.15) is 5.82 Å². The summed E-state index contributed by atoms with van der Waals surface area (Å²) in [4.78, 5) is 18.9. The Morgan fingerprint density at radius 2 is 1.87 bits per heavy atom. The molecule has 6 nitrogen and oxygen atoms in total. The molecule has 4 N–H and O–H groups in total. The highest BCUT2D eigenvalue weighted by atomic mass is 127. The topological polar surface area (TPSA) is 81.3 Å². The van der Waals surface area contributed by atoms with Crippen molar-refractivity contribution in [3.63, 3.8) is 0 Å². The minimum atomic E-state index is -0.239. The highest BCUT2D eigenvalue weighted by Gasteiger charge is 2.05. The number of fused-ring (bicyclic) bond motifs is 1. The van der Waals surface area contributed by atoms with Crippen LogP contribution in [0.1, 0.15) is 25.0 Å². The summed E-state index contributed by atoms with van der Waals surface area (Å²) in [5.74, 6) is 0.464. The summed E-state index contributed by atoms with van der Waals surface area (Å²) in [5, 5.41) is 10.4. The highest BCUT2D eigenvalue weighted by Crippen LogP contribution is 2.19. The van der Waals surface area contributed by atoms with E-state index in [-0.39, 0.29) is 35.7 Å². The predicted octanol–water partition coefficient (Wildman–Crippen LogP) is 4.22. The van der Waals surface area contributed by atoms with Crippen molar-refractivity contribution in [2.75, 3.05) is 25.0 Å². The van der Waals surface area contributed by atoms with E-state index in [0.29, 0.717) is 6.54 Å². The molecule has 1 heterocycles. The molecule has 3 aromatic rings. The SMILES string of the molecule is CCNC(=NCCc1c[nH]c2cc(F)ccc12)NCCc1ccc(NC(C)=O)cc1.I. The van der Waals surface area contributed by atoms with Crippen LogP contribution in [0, 0.1) is 5.82 Å². The normalized spacial score (nSPS) is 11.1. The van der Waals surface area contributed by atoms with Gasteiger partial charge in [-0.2, -0.15) is 0 Å². The number of carbonyl (C=O) groups excluding carboxylic acids is 1. The molecule has 0 atom stereocenters. The number of nitrogens with one attached hydrogen (secondary N) is 4. The number of benzene rings is 2. The summed E-state index contributed by atoms with van der Waals surface area (Å²) in [5.41, 5.74) is 3.92. The predicted molar refractivity (Wildman–Crippen MR) is 136 cm³/mol. The molecule has 8 heteroatoms. The van der Waals surface area contributed by atoms with Gasteiger partial charge in [-0.05, 0) is 61.2 Å². The third-order valence-electron chi connectivity index (χ3n) is 4.71. The molecule has 0 fully saturated rings. The van der Waals surface area contributed by atoms with Crippen molar-refractivity contribution in [3.8, 4) is 0 Å². The molecule has 1 aromatic heterocycles. The molecule has 0 bridgehead atoms. The molecule has 3 rings (SSSR count). The molecule has 166 valence electrons. The van der Waals surface area contributed by atoms with E-state index in [0.717, 1.165) is 54.0 Å². The Morgan fingerprint density at radius 3 is 2.58 bits per heavy atom. The van der Waals surface area contributed by atoms with E-state index in [4.69, 9.17) is 0 Å². The molecule has 0 radical (unpaired) electrons. The molecule has 0 aliphatic heterocycles. The molecule has 2 aromatic carbocycles. The van der Waals surface area contributed by atoms with Crippen molar-refractivity contribution >= 4 is 52.4 Å². The van der Waals surface area contributed by atoms with Crippen molar-refractivity contribution in [1.82, 2.24) is 15.6 Å². The smallest absolute Gasteiger partial charge is 0.221 e. The lowest BCUT2D eigenvalue weighted by Gasteiger charge is -2.11. The number of H-pyrrole nitrogens is 1. The largest absolute Gasteiger partial charge is 0.361 e. The van der Waals surface area contributed by atoms with Crippen molar-refractivity contribution in [3.05, 3.63) is 65.6 Å². The molecule has 0 spiro atoms. The molecule has 0 saturated carbocycles. The first-order valence-electron chi connectivity index (χ1n) is 10.2. The second kappa shape index (κ2) is 12.3. The van der Waals surface area contributed by atoms with E-state index in [1.54, 1.807) is 6.07 Å². The number of nitrogens with zero attached hydrogens (tertiary/aromatic N) is 1. The van der Waals surface area contributed by atoms with E-state index in [1.165, 1.54) is 24.6 Å². The summed E-state index contributed by atoms with van der Waals surface area (Å²) in [6.45, 7) is 5.69. The van der Waals surface area contributed by atoms with Gasteiger partial charge < -0.3 is 20.9 Å². The number of aromatic amines is 1. The van der Waals surface area contributed by atoms with Crippen LogP contribution in [0.25, 0.3) is 10.9 Å². The molecule has 31 heavy (non-hydrogen) atoms. The molecule has 0 unspecified atom stereocenters. The Morgan fingerprint density at radius 1 is 1.10 bits per heavy atom. The van der Waals surface area contributed by atoms with Crippen LogP contribution in [0.3, 0.4) is 0 Å². The Kier molecular flexibility index (Phi) is 9.77. The van der Waals surface area contributed by atoms with Gasteiger partial charge in [0.25, 0.3) is 0 Å². The van der Waals surface area contributed by atoms with Crippen LogP contribution < -0.4 is 16.0 Å². The van der Waals surface area contributed by atoms with Crippen molar-refractivity contribution in [1.29, 1.82) is 0 Å². The fourth-order valence-corrected chi connectivity index (χ4v) is 3.28. The number of halogens is 2. The Bertz CT molecular complexity index is 1020. The third-order valence-corrected chi connectivity index (χ3v) is 4.71. The minimum Gasteiger partial charge on any atom is -0.361 e. The number of aromatic nitrogens is 1. The highest BCUT2D eigenvalue weighted by molar-refractivity contribution is 14.0. The van der Waals surface area contributed by atoms with Gasteiger partial charge in [0.2, 0.25) is 5.91 Å². The van der Waals surface area contributed by atoms with Crippen LogP contribution in [-0.2, 0) is 17.6 Å². The van der Waals surface area contributed by atoms with Crippen LogP contribution in [-0.4, -0.2) is 36.5 Å². The second-order valence-corrected chi connectivity index (χ2v) is 7.07. The van der Waals surface area contributed by atoms with Crippen LogP contribution in [0.4, 0.5) is 10.1 Å². The number of rotatable bonds is 8. The molecule has 0 aliphatic carbocycles. The maximum absolute atomic E-state index is 13.3. The number of anilines is 1. The standard InChI is InChI=1S/C23H28FN5O.HI/c1-3-25-23(26-12-10-17-4-7-20(8-5-17)29-16(2)30)27-13-11-18-15-28-22-14-19(24)6-9-21(18)22;/h4-9,14-15,28H,3,10-13H2,1-2H3,(H,29,30)(H2,25,26,27);1H. The summed E-state index contributed by atoms with van der Waals surface area (Å²) < 4.78 is 13.3. The number of hydrogen-bond acceptors (Lipinski definition) is 2. The first kappa shape index (κ1) is 24.6. The van der Waals surface area contributed by atoms with Crippen molar-refractivity contribution in [2.24, 2.45) is 4.99 Å². The van der Waals surface area contributed by atoms with Gasteiger partial charge in [0.05, 0.1) is 0 Å². The Labute approximate surface area is 199 Å². The Hall–Kier alpha value is -2.62. The van der Waals surface area contributed by atoms with Gasteiger partial charge >= 0.3 is 0 Å². The van der Waals surface area contributed by atoms with Gasteiger partial charge in [0.15, 0.2) is 5.96 Å². The lowest BCUT2D eigenvalue weighted by atomic mass is 10.1. The van der Waals surface area contributed by atoms with Gasteiger partial charge in [-0.1, -0.05) is 12.1 Å². The van der Waals surface area contributed by atoms with E-state index < -0.39 is 0 Å². The van der Waals surface area contributed by atoms with Crippen LogP contribution in [0.5, 0.6) is 0 Å². The zero-order valence-electron chi connectivity index (χ0n) is 17.8. The number of amides is 1.